The van der Waals surface area contributed by atoms with Gasteiger partial charge in [0.1, 0.15) is 0 Å². The Morgan fingerprint density at radius 1 is 1.04 bits per heavy atom. The number of hydrogen-bond donors (Lipinski definition) is 0. The predicted octanol–water partition coefficient (Wildman–Crippen LogP) is 6.21. The van der Waals surface area contributed by atoms with E-state index in [2.05, 4.69) is 6.92 Å². The average molecular weight is 352 g/mol. The highest BCUT2D eigenvalue weighted by molar-refractivity contribution is 5.72. The lowest BCUT2D eigenvalue weighted by molar-refractivity contribution is -0.134. The molecule has 1 aliphatic rings. The first-order valence-electron chi connectivity index (χ1n) is 9.72. The minimum Gasteiger partial charge on any atom is -0.423 e. The van der Waals surface area contributed by atoms with E-state index in [4.69, 9.17) is 4.74 Å². The van der Waals surface area contributed by atoms with E-state index in [0.29, 0.717) is 17.9 Å². The first kappa shape index (κ1) is 19.9. The van der Waals surface area contributed by atoms with Gasteiger partial charge in [0.2, 0.25) is 5.82 Å². The van der Waals surface area contributed by atoms with Crippen molar-refractivity contribution in [2.45, 2.75) is 78.1 Å². The third kappa shape index (κ3) is 5.79. The summed E-state index contributed by atoms with van der Waals surface area (Å²) in [5.74, 6) is -1.34. The molecular formula is C21H30F2O2. The summed E-state index contributed by atoms with van der Waals surface area (Å²) in [6.07, 6.45) is 10.4. The largest absolute Gasteiger partial charge is 0.423 e. The van der Waals surface area contributed by atoms with Crippen LogP contribution in [-0.4, -0.2) is 5.97 Å². The summed E-state index contributed by atoms with van der Waals surface area (Å²) in [5, 5.41) is 0. The number of aryl methyl sites for hydroxylation is 1. The molecule has 140 valence electrons. The van der Waals surface area contributed by atoms with Crippen molar-refractivity contribution >= 4 is 5.97 Å². The number of halogens is 2. The first-order chi connectivity index (χ1) is 12.0. The lowest BCUT2D eigenvalue weighted by atomic mass is 9.78. The summed E-state index contributed by atoms with van der Waals surface area (Å²) in [7, 11) is 0. The standard InChI is InChI=1S/C21H30F2O2/c1-3-5-6-15-7-9-16(10-8-15)11-12-17-13-14-18(21(23)20(17)22)25-19(24)4-2/h13-16H,3-12H2,1-2H3/t15-,16-. The average Bonchev–Trinajstić information content (AvgIpc) is 2.64. The molecule has 1 aromatic rings. The van der Waals surface area contributed by atoms with Crippen molar-refractivity contribution in [3.8, 4) is 5.75 Å². The Morgan fingerprint density at radius 2 is 1.68 bits per heavy atom. The monoisotopic (exact) mass is 352 g/mol. The molecule has 0 radical (unpaired) electrons. The van der Waals surface area contributed by atoms with Gasteiger partial charge in [0.05, 0.1) is 0 Å². The zero-order chi connectivity index (χ0) is 18.2. The van der Waals surface area contributed by atoms with Crippen molar-refractivity contribution < 1.29 is 18.3 Å². The van der Waals surface area contributed by atoms with E-state index in [1.807, 2.05) is 0 Å². The smallest absolute Gasteiger partial charge is 0.311 e. The van der Waals surface area contributed by atoms with Crippen LogP contribution in [0.25, 0.3) is 0 Å². The quantitative estimate of drug-likeness (QED) is 0.411. The van der Waals surface area contributed by atoms with Crippen LogP contribution in [-0.2, 0) is 11.2 Å². The second-order valence-corrected chi connectivity index (χ2v) is 7.25. The van der Waals surface area contributed by atoms with Crippen molar-refractivity contribution in [2.75, 3.05) is 0 Å². The SMILES string of the molecule is CCCC[C@H]1CC[C@H](CCc2ccc(OC(=O)CC)c(F)c2F)CC1. The fourth-order valence-corrected chi connectivity index (χ4v) is 3.70. The molecule has 0 bridgehead atoms. The van der Waals surface area contributed by atoms with E-state index in [9.17, 15) is 13.6 Å². The van der Waals surface area contributed by atoms with Crippen molar-refractivity contribution in [2.24, 2.45) is 11.8 Å². The predicted molar refractivity (Wildman–Crippen MR) is 95.6 cm³/mol. The lowest BCUT2D eigenvalue weighted by Crippen LogP contribution is -2.15. The molecule has 0 aliphatic heterocycles. The van der Waals surface area contributed by atoms with Gasteiger partial charge in [0, 0.05) is 6.42 Å². The number of rotatable bonds is 8. The molecule has 0 heterocycles. The Morgan fingerprint density at radius 3 is 2.28 bits per heavy atom. The number of ether oxygens (including phenoxy) is 1. The minimum atomic E-state index is -1.05. The van der Waals surface area contributed by atoms with Gasteiger partial charge in [-0.1, -0.05) is 64.9 Å². The summed E-state index contributed by atoms with van der Waals surface area (Å²) < 4.78 is 33.1. The van der Waals surface area contributed by atoms with Crippen molar-refractivity contribution in [1.29, 1.82) is 0 Å². The van der Waals surface area contributed by atoms with Gasteiger partial charge in [-0.05, 0) is 36.3 Å². The second-order valence-electron chi connectivity index (χ2n) is 7.25. The molecular weight excluding hydrogens is 322 g/mol. The maximum absolute atomic E-state index is 14.2. The minimum absolute atomic E-state index is 0.129. The van der Waals surface area contributed by atoms with Gasteiger partial charge >= 0.3 is 5.97 Å². The van der Waals surface area contributed by atoms with Crippen LogP contribution in [0.15, 0.2) is 12.1 Å². The van der Waals surface area contributed by atoms with E-state index >= 15 is 0 Å². The number of hydrogen-bond acceptors (Lipinski definition) is 2. The molecule has 0 saturated heterocycles. The van der Waals surface area contributed by atoms with Gasteiger partial charge in [-0.2, -0.15) is 4.39 Å². The molecule has 0 N–H and O–H groups in total. The van der Waals surface area contributed by atoms with E-state index in [-0.39, 0.29) is 12.2 Å². The molecule has 2 nitrogen and oxygen atoms in total. The molecule has 0 unspecified atom stereocenters. The van der Waals surface area contributed by atoms with Crippen LogP contribution in [0.3, 0.4) is 0 Å². The molecule has 0 spiro atoms. The normalized spacial score (nSPS) is 20.5. The maximum Gasteiger partial charge on any atom is 0.311 e. The highest BCUT2D eigenvalue weighted by atomic mass is 19.2. The van der Waals surface area contributed by atoms with E-state index in [1.165, 1.54) is 51.0 Å². The second kappa shape index (κ2) is 9.88. The van der Waals surface area contributed by atoms with Crippen LogP contribution in [0.1, 0.15) is 77.2 Å². The number of esters is 1. The van der Waals surface area contributed by atoms with Crippen LogP contribution >= 0.6 is 0 Å². The summed E-state index contributed by atoms with van der Waals surface area (Å²) in [4.78, 5) is 11.2. The molecule has 4 heteroatoms. The molecule has 0 amide bonds. The Bertz CT molecular complexity index is 563. The van der Waals surface area contributed by atoms with Crippen molar-refractivity contribution in [3.05, 3.63) is 29.3 Å². The highest BCUT2D eigenvalue weighted by Crippen LogP contribution is 2.34. The van der Waals surface area contributed by atoms with Gasteiger partial charge < -0.3 is 4.74 Å². The number of unbranched alkanes of at least 4 members (excludes halogenated alkanes) is 1. The van der Waals surface area contributed by atoms with Gasteiger partial charge in [0.15, 0.2) is 11.6 Å². The topological polar surface area (TPSA) is 26.3 Å². The Kier molecular flexibility index (Phi) is 7.86. The van der Waals surface area contributed by atoms with Gasteiger partial charge in [-0.15, -0.1) is 0 Å². The molecule has 0 atom stereocenters. The van der Waals surface area contributed by atoms with E-state index in [1.54, 1.807) is 13.0 Å². The zero-order valence-corrected chi connectivity index (χ0v) is 15.5. The molecule has 0 aromatic heterocycles. The van der Waals surface area contributed by atoms with Crippen LogP contribution in [0.4, 0.5) is 8.78 Å². The molecule has 1 fully saturated rings. The Labute approximate surface area is 150 Å². The highest BCUT2D eigenvalue weighted by Gasteiger charge is 2.22. The van der Waals surface area contributed by atoms with Gasteiger partial charge in [0.25, 0.3) is 0 Å². The molecule has 1 aliphatic carbocycles. The molecule has 1 aromatic carbocycles. The maximum atomic E-state index is 14.2. The van der Waals surface area contributed by atoms with Gasteiger partial charge in [-0.25, -0.2) is 4.39 Å². The summed E-state index contributed by atoms with van der Waals surface area (Å²) in [5.41, 5.74) is 0.377. The Balaban J connectivity index is 1.85. The van der Waals surface area contributed by atoms with Gasteiger partial charge in [-0.3, -0.25) is 4.79 Å². The first-order valence-corrected chi connectivity index (χ1v) is 9.72. The number of carbonyl (C=O) groups is 1. The van der Waals surface area contributed by atoms with Crippen LogP contribution in [0, 0.1) is 23.5 Å². The number of benzene rings is 1. The van der Waals surface area contributed by atoms with Crippen LogP contribution in [0.2, 0.25) is 0 Å². The van der Waals surface area contributed by atoms with E-state index in [0.717, 1.165) is 12.3 Å². The van der Waals surface area contributed by atoms with Crippen LogP contribution < -0.4 is 4.74 Å². The number of carbonyl (C=O) groups excluding carboxylic acids is 1. The summed E-state index contributed by atoms with van der Waals surface area (Å²) in [6.45, 7) is 3.84. The molecule has 25 heavy (non-hydrogen) atoms. The van der Waals surface area contributed by atoms with E-state index < -0.39 is 17.6 Å². The third-order valence-corrected chi connectivity index (χ3v) is 5.39. The lowest BCUT2D eigenvalue weighted by Gasteiger charge is -2.28. The molecule has 1 saturated carbocycles. The summed E-state index contributed by atoms with van der Waals surface area (Å²) in [6, 6.07) is 2.91. The van der Waals surface area contributed by atoms with Crippen molar-refractivity contribution in [3.63, 3.8) is 0 Å². The Hall–Kier alpha value is -1.45. The van der Waals surface area contributed by atoms with Crippen LogP contribution in [0.5, 0.6) is 5.75 Å². The zero-order valence-electron chi connectivity index (χ0n) is 15.5. The third-order valence-electron chi connectivity index (χ3n) is 5.39. The molecule has 2 rings (SSSR count). The van der Waals surface area contributed by atoms with Crippen molar-refractivity contribution in [1.82, 2.24) is 0 Å². The fraction of sp³-hybridized carbons (Fsp3) is 0.667. The summed E-state index contributed by atoms with van der Waals surface area (Å²) >= 11 is 0. The fourth-order valence-electron chi connectivity index (χ4n) is 3.70.